The molecule has 0 saturated heterocycles. The zero-order valence-corrected chi connectivity index (χ0v) is 12.6. The molecule has 0 bridgehead atoms. The molecule has 0 aromatic heterocycles. The minimum absolute atomic E-state index is 0.207. The SMILES string of the molecule is CCOC(=O)C(C)CP(C)(=O)OCc1ccccc1. The summed E-state index contributed by atoms with van der Waals surface area (Å²) < 4.78 is 22.6. The van der Waals surface area contributed by atoms with E-state index in [0.29, 0.717) is 13.2 Å². The maximum Gasteiger partial charge on any atom is 0.309 e. The lowest BCUT2D eigenvalue weighted by Crippen LogP contribution is -2.18. The monoisotopic (exact) mass is 284 g/mol. The van der Waals surface area contributed by atoms with Gasteiger partial charge in [0, 0.05) is 12.8 Å². The average molecular weight is 284 g/mol. The number of hydrogen-bond acceptors (Lipinski definition) is 4. The summed E-state index contributed by atoms with van der Waals surface area (Å²) in [4.78, 5) is 11.5. The highest BCUT2D eigenvalue weighted by molar-refractivity contribution is 7.58. The van der Waals surface area contributed by atoms with E-state index < -0.39 is 13.3 Å². The summed E-state index contributed by atoms with van der Waals surface area (Å²) in [5, 5.41) is 0. The van der Waals surface area contributed by atoms with Crippen LogP contribution in [-0.4, -0.2) is 25.4 Å². The Kier molecular flexibility index (Phi) is 6.26. The molecular formula is C14H21O4P. The third-order valence-corrected chi connectivity index (χ3v) is 4.53. The topological polar surface area (TPSA) is 52.6 Å². The summed E-state index contributed by atoms with van der Waals surface area (Å²) in [6.45, 7) is 5.65. The van der Waals surface area contributed by atoms with Crippen molar-refractivity contribution in [1.29, 1.82) is 0 Å². The first-order chi connectivity index (χ1) is 8.94. The Bertz CT molecular complexity index is 444. The first-order valence-electron chi connectivity index (χ1n) is 6.36. The van der Waals surface area contributed by atoms with Crippen molar-refractivity contribution >= 4 is 13.3 Å². The number of ether oxygens (including phenoxy) is 1. The molecule has 19 heavy (non-hydrogen) atoms. The smallest absolute Gasteiger partial charge is 0.309 e. The van der Waals surface area contributed by atoms with Crippen LogP contribution in [0.5, 0.6) is 0 Å². The van der Waals surface area contributed by atoms with E-state index in [1.54, 1.807) is 20.5 Å². The van der Waals surface area contributed by atoms with Crippen molar-refractivity contribution in [2.24, 2.45) is 5.92 Å². The van der Waals surface area contributed by atoms with Crippen LogP contribution >= 0.6 is 7.37 Å². The maximum atomic E-state index is 12.3. The largest absolute Gasteiger partial charge is 0.466 e. The standard InChI is InChI=1S/C14H21O4P/c1-4-17-14(15)12(2)11-19(3,16)18-10-13-8-6-5-7-9-13/h5-9,12H,4,10-11H2,1-3H3. The fourth-order valence-corrected chi connectivity index (χ4v) is 3.37. The molecule has 0 aliphatic rings. The molecule has 0 aliphatic carbocycles. The highest BCUT2D eigenvalue weighted by atomic mass is 31.2. The zero-order chi connectivity index (χ0) is 14.3. The summed E-state index contributed by atoms with van der Waals surface area (Å²) >= 11 is 0. The molecule has 0 N–H and O–H groups in total. The van der Waals surface area contributed by atoms with Gasteiger partial charge in [0.25, 0.3) is 0 Å². The third kappa shape index (κ3) is 6.04. The molecule has 0 amide bonds. The second kappa shape index (κ2) is 7.46. The molecule has 1 aromatic rings. The maximum absolute atomic E-state index is 12.3. The van der Waals surface area contributed by atoms with E-state index in [-0.39, 0.29) is 12.1 Å². The van der Waals surface area contributed by atoms with Gasteiger partial charge in [0.1, 0.15) is 0 Å². The summed E-state index contributed by atoms with van der Waals surface area (Å²) in [7, 11) is -2.79. The molecule has 0 radical (unpaired) electrons. The first-order valence-corrected chi connectivity index (χ1v) is 8.62. The fourth-order valence-electron chi connectivity index (χ4n) is 1.69. The predicted molar refractivity (Wildman–Crippen MR) is 75.4 cm³/mol. The highest BCUT2D eigenvalue weighted by Gasteiger charge is 2.25. The molecule has 5 heteroatoms. The van der Waals surface area contributed by atoms with Gasteiger partial charge in [-0.15, -0.1) is 0 Å². The lowest BCUT2D eigenvalue weighted by atomic mass is 10.2. The van der Waals surface area contributed by atoms with E-state index in [1.807, 2.05) is 30.3 Å². The Balaban J connectivity index is 2.47. The molecule has 2 atom stereocenters. The van der Waals surface area contributed by atoms with Crippen molar-refractivity contribution in [3.8, 4) is 0 Å². The Morgan fingerprint density at radius 1 is 1.32 bits per heavy atom. The average Bonchev–Trinajstić information content (AvgIpc) is 2.37. The van der Waals surface area contributed by atoms with E-state index >= 15 is 0 Å². The van der Waals surface area contributed by atoms with Crippen molar-refractivity contribution in [3.63, 3.8) is 0 Å². The van der Waals surface area contributed by atoms with Crippen LogP contribution in [-0.2, 0) is 25.2 Å². The number of hydrogen-bond donors (Lipinski definition) is 0. The lowest BCUT2D eigenvalue weighted by molar-refractivity contribution is -0.146. The van der Waals surface area contributed by atoms with Crippen molar-refractivity contribution < 1.29 is 18.6 Å². The number of benzene rings is 1. The Morgan fingerprint density at radius 3 is 2.53 bits per heavy atom. The Hall–Kier alpha value is -1.12. The van der Waals surface area contributed by atoms with Crippen LogP contribution in [0, 0.1) is 5.92 Å². The molecular weight excluding hydrogens is 263 g/mol. The van der Waals surface area contributed by atoms with Crippen LogP contribution in [0.3, 0.4) is 0 Å². The van der Waals surface area contributed by atoms with Gasteiger partial charge >= 0.3 is 5.97 Å². The van der Waals surface area contributed by atoms with E-state index in [2.05, 4.69) is 0 Å². The van der Waals surface area contributed by atoms with Crippen LogP contribution in [0.4, 0.5) is 0 Å². The lowest BCUT2D eigenvalue weighted by Gasteiger charge is -2.17. The van der Waals surface area contributed by atoms with Gasteiger partial charge < -0.3 is 9.26 Å². The first kappa shape index (κ1) is 15.9. The second-order valence-corrected chi connectivity index (χ2v) is 7.26. The highest BCUT2D eigenvalue weighted by Crippen LogP contribution is 2.45. The van der Waals surface area contributed by atoms with Crippen molar-refractivity contribution in [1.82, 2.24) is 0 Å². The molecule has 4 nitrogen and oxygen atoms in total. The molecule has 2 unspecified atom stereocenters. The molecule has 0 saturated carbocycles. The molecule has 1 aromatic carbocycles. The minimum atomic E-state index is -2.79. The third-order valence-electron chi connectivity index (χ3n) is 2.64. The van der Waals surface area contributed by atoms with E-state index in [4.69, 9.17) is 9.26 Å². The minimum Gasteiger partial charge on any atom is -0.466 e. The van der Waals surface area contributed by atoms with Crippen molar-refractivity contribution in [2.45, 2.75) is 20.5 Å². The molecule has 106 valence electrons. The number of esters is 1. The van der Waals surface area contributed by atoms with E-state index in [1.165, 1.54) is 0 Å². The van der Waals surface area contributed by atoms with E-state index in [9.17, 15) is 9.36 Å². The van der Waals surface area contributed by atoms with Gasteiger partial charge in [0.2, 0.25) is 7.37 Å². The van der Waals surface area contributed by atoms with Gasteiger partial charge in [-0.3, -0.25) is 9.36 Å². The van der Waals surface area contributed by atoms with Crippen LogP contribution < -0.4 is 0 Å². The molecule has 0 aliphatic heterocycles. The van der Waals surface area contributed by atoms with Crippen LogP contribution in [0.1, 0.15) is 19.4 Å². The molecule has 1 rings (SSSR count). The van der Waals surface area contributed by atoms with Gasteiger partial charge in [0.05, 0.1) is 19.1 Å². The quantitative estimate of drug-likeness (QED) is 0.569. The van der Waals surface area contributed by atoms with Crippen LogP contribution in [0.15, 0.2) is 30.3 Å². The Morgan fingerprint density at radius 2 is 1.95 bits per heavy atom. The summed E-state index contributed by atoms with van der Waals surface area (Å²) in [5.41, 5.74) is 0.966. The zero-order valence-electron chi connectivity index (χ0n) is 11.7. The van der Waals surface area contributed by atoms with E-state index in [0.717, 1.165) is 5.56 Å². The fraction of sp³-hybridized carbons (Fsp3) is 0.500. The molecule has 0 spiro atoms. The van der Waals surface area contributed by atoms with Crippen molar-refractivity contribution in [3.05, 3.63) is 35.9 Å². The summed E-state index contributed by atoms with van der Waals surface area (Å²) in [6.07, 6.45) is 0.207. The van der Waals surface area contributed by atoms with Crippen molar-refractivity contribution in [2.75, 3.05) is 19.4 Å². The normalized spacial score (nSPS) is 15.5. The predicted octanol–water partition coefficient (Wildman–Crippen LogP) is 3.31. The van der Waals surface area contributed by atoms with Gasteiger partial charge in [-0.05, 0) is 12.5 Å². The second-order valence-electron chi connectivity index (χ2n) is 4.61. The number of rotatable bonds is 7. The van der Waals surface area contributed by atoms with Gasteiger partial charge in [-0.1, -0.05) is 37.3 Å². The van der Waals surface area contributed by atoms with Gasteiger partial charge in [0.15, 0.2) is 0 Å². The van der Waals surface area contributed by atoms with Crippen LogP contribution in [0.2, 0.25) is 0 Å². The number of carbonyl (C=O) groups excluding carboxylic acids is 1. The van der Waals surface area contributed by atoms with Crippen LogP contribution in [0.25, 0.3) is 0 Å². The summed E-state index contributed by atoms with van der Waals surface area (Å²) in [5.74, 6) is -0.737. The number of carbonyl (C=O) groups is 1. The Labute approximate surface area is 114 Å². The summed E-state index contributed by atoms with van der Waals surface area (Å²) in [6, 6.07) is 9.54. The van der Waals surface area contributed by atoms with Gasteiger partial charge in [-0.2, -0.15) is 0 Å². The molecule has 0 fully saturated rings. The molecule has 0 heterocycles. The van der Waals surface area contributed by atoms with Gasteiger partial charge in [-0.25, -0.2) is 0 Å².